The zero-order valence-electron chi connectivity index (χ0n) is 21.1. The Morgan fingerprint density at radius 3 is 2.47 bits per heavy atom. The zero-order valence-corrected chi connectivity index (χ0v) is 21.1. The lowest BCUT2D eigenvalue weighted by Gasteiger charge is -2.44. The fraction of sp³-hybridized carbons (Fsp3) is 0.310. The summed E-state index contributed by atoms with van der Waals surface area (Å²) in [6, 6.07) is 15.7. The summed E-state index contributed by atoms with van der Waals surface area (Å²) < 4.78 is 19.9. The molecule has 1 atom stereocenters. The molecule has 2 aromatic carbocycles. The summed E-state index contributed by atoms with van der Waals surface area (Å²) in [5.74, 6) is -1.34. The second-order valence-corrected chi connectivity index (χ2v) is 9.64. The first-order valence-electron chi connectivity index (χ1n) is 12.6. The van der Waals surface area contributed by atoms with E-state index in [1.807, 2.05) is 31.2 Å². The van der Waals surface area contributed by atoms with Crippen LogP contribution in [-0.2, 0) is 16.1 Å². The first-order valence-corrected chi connectivity index (χ1v) is 12.6. The molecule has 0 bridgehead atoms. The summed E-state index contributed by atoms with van der Waals surface area (Å²) in [5.41, 5.74) is 1.44. The van der Waals surface area contributed by atoms with Crippen LogP contribution in [0.2, 0.25) is 0 Å². The van der Waals surface area contributed by atoms with Crippen LogP contribution in [0.15, 0.2) is 73.1 Å². The standard InChI is InChI=1S/C29H29FN4O4/c1-20-5-2-3-8-24(20)28(37)34-25(26(35)32-18-21-9-13-31-14-10-21)19-38-29(34)11-15-33(16-12-29)27(36)22-6-4-7-23(30)17-22/h2-10,13-14,17,25H,11-12,15-16,18-19H2,1H3,(H,32,35). The number of piperidine rings is 1. The largest absolute Gasteiger partial charge is 0.353 e. The van der Waals surface area contributed by atoms with Gasteiger partial charge in [0.15, 0.2) is 0 Å². The molecule has 8 nitrogen and oxygen atoms in total. The van der Waals surface area contributed by atoms with E-state index in [2.05, 4.69) is 10.3 Å². The highest BCUT2D eigenvalue weighted by molar-refractivity contribution is 5.99. The van der Waals surface area contributed by atoms with Crippen LogP contribution in [0.1, 0.15) is 44.7 Å². The molecular weight excluding hydrogens is 487 g/mol. The lowest BCUT2D eigenvalue weighted by Crippen LogP contribution is -2.59. The van der Waals surface area contributed by atoms with E-state index in [1.54, 1.807) is 40.4 Å². The maximum Gasteiger partial charge on any atom is 0.257 e. The minimum atomic E-state index is -1.03. The van der Waals surface area contributed by atoms with Crippen LogP contribution in [0.3, 0.4) is 0 Å². The first-order chi connectivity index (χ1) is 18.4. The van der Waals surface area contributed by atoms with Crippen molar-refractivity contribution in [2.24, 2.45) is 0 Å². The van der Waals surface area contributed by atoms with Gasteiger partial charge in [-0.3, -0.25) is 24.3 Å². The van der Waals surface area contributed by atoms with Crippen LogP contribution in [0.5, 0.6) is 0 Å². The third-order valence-electron chi connectivity index (χ3n) is 7.28. The highest BCUT2D eigenvalue weighted by atomic mass is 19.1. The number of carbonyl (C=O) groups is 3. The van der Waals surface area contributed by atoms with Gasteiger partial charge >= 0.3 is 0 Å². The molecule has 3 heterocycles. The van der Waals surface area contributed by atoms with Crippen LogP contribution >= 0.6 is 0 Å². The number of likely N-dealkylation sites (tertiary alicyclic amines) is 1. The number of rotatable bonds is 5. The van der Waals surface area contributed by atoms with Crippen molar-refractivity contribution in [2.75, 3.05) is 19.7 Å². The Balaban J connectivity index is 1.37. The number of hydrogen-bond donors (Lipinski definition) is 1. The summed E-state index contributed by atoms with van der Waals surface area (Å²) in [5, 5.41) is 2.93. The molecule has 5 rings (SSSR count). The van der Waals surface area contributed by atoms with Crippen LogP contribution in [0.25, 0.3) is 0 Å². The van der Waals surface area contributed by atoms with Crippen LogP contribution in [0.4, 0.5) is 4.39 Å². The second kappa shape index (κ2) is 10.7. The number of nitrogens with zero attached hydrogens (tertiary/aromatic N) is 3. The van der Waals surface area contributed by atoms with E-state index in [1.165, 1.54) is 18.2 Å². The number of amides is 3. The van der Waals surface area contributed by atoms with Crippen molar-refractivity contribution < 1.29 is 23.5 Å². The second-order valence-electron chi connectivity index (χ2n) is 9.64. The topological polar surface area (TPSA) is 91.8 Å². The molecule has 38 heavy (non-hydrogen) atoms. The quantitative estimate of drug-likeness (QED) is 0.562. The molecular formula is C29H29FN4O4. The molecule has 2 saturated heterocycles. The Labute approximate surface area is 220 Å². The average Bonchev–Trinajstić information content (AvgIpc) is 3.30. The predicted octanol–water partition coefficient (Wildman–Crippen LogP) is 3.32. The molecule has 1 aromatic heterocycles. The fourth-order valence-electron chi connectivity index (χ4n) is 5.18. The first kappa shape index (κ1) is 25.5. The molecule has 3 amide bonds. The maximum atomic E-state index is 13.9. The van der Waals surface area contributed by atoms with Crippen LogP contribution < -0.4 is 5.32 Å². The van der Waals surface area contributed by atoms with Gasteiger partial charge in [-0.25, -0.2) is 4.39 Å². The Morgan fingerprint density at radius 1 is 1.03 bits per heavy atom. The molecule has 1 unspecified atom stereocenters. The monoisotopic (exact) mass is 516 g/mol. The lowest BCUT2D eigenvalue weighted by molar-refractivity contribution is -0.128. The van der Waals surface area contributed by atoms with Gasteiger partial charge < -0.3 is 15.0 Å². The van der Waals surface area contributed by atoms with Gasteiger partial charge in [0, 0.05) is 56.0 Å². The Hall–Kier alpha value is -4.11. The summed E-state index contributed by atoms with van der Waals surface area (Å²) in [6.45, 7) is 2.82. The van der Waals surface area contributed by atoms with Gasteiger partial charge in [0.2, 0.25) is 5.91 Å². The van der Waals surface area contributed by atoms with E-state index in [9.17, 15) is 18.8 Å². The Bertz CT molecular complexity index is 1340. The number of carbonyl (C=O) groups excluding carboxylic acids is 3. The van der Waals surface area contributed by atoms with Gasteiger partial charge in [-0.15, -0.1) is 0 Å². The third-order valence-corrected chi connectivity index (χ3v) is 7.28. The molecule has 2 aliphatic rings. The number of ether oxygens (including phenoxy) is 1. The van der Waals surface area contributed by atoms with Gasteiger partial charge in [0.1, 0.15) is 17.6 Å². The zero-order chi connectivity index (χ0) is 26.7. The minimum Gasteiger partial charge on any atom is -0.353 e. The smallest absolute Gasteiger partial charge is 0.257 e. The van der Waals surface area contributed by atoms with Crippen LogP contribution in [-0.4, -0.2) is 64.0 Å². The van der Waals surface area contributed by atoms with Crippen molar-refractivity contribution in [1.29, 1.82) is 0 Å². The van der Waals surface area contributed by atoms with Gasteiger partial charge in [0.05, 0.1) is 6.61 Å². The Kier molecular flexibility index (Phi) is 7.20. The number of halogens is 1. The highest BCUT2D eigenvalue weighted by Crippen LogP contribution is 2.39. The van der Waals surface area contributed by atoms with Gasteiger partial charge in [0.25, 0.3) is 11.8 Å². The van der Waals surface area contributed by atoms with E-state index in [0.717, 1.165) is 11.1 Å². The van der Waals surface area contributed by atoms with Crippen molar-refractivity contribution in [1.82, 2.24) is 20.1 Å². The number of benzene rings is 2. The molecule has 2 fully saturated rings. The molecule has 1 N–H and O–H groups in total. The van der Waals surface area contributed by atoms with Crippen LogP contribution in [0, 0.1) is 12.7 Å². The van der Waals surface area contributed by atoms with Crippen molar-refractivity contribution in [2.45, 2.75) is 38.1 Å². The van der Waals surface area contributed by atoms with Gasteiger partial charge in [-0.05, 0) is 54.4 Å². The average molecular weight is 517 g/mol. The fourth-order valence-corrected chi connectivity index (χ4v) is 5.18. The summed E-state index contributed by atoms with van der Waals surface area (Å²) >= 11 is 0. The lowest BCUT2D eigenvalue weighted by atomic mass is 9.95. The van der Waals surface area contributed by atoms with E-state index < -0.39 is 17.6 Å². The van der Waals surface area contributed by atoms with E-state index in [4.69, 9.17) is 4.74 Å². The maximum absolute atomic E-state index is 13.9. The highest BCUT2D eigenvalue weighted by Gasteiger charge is 2.54. The molecule has 1 spiro atoms. The molecule has 0 radical (unpaired) electrons. The number of nitrogens with one attached hydrogen (secondary N) is 1. The number of aromatic nitrogens is 1. The summed E-state index contributed by atoms with van der Waals surface area (Å²) in [4.78, 5) is 47.5. The molecule has 2 aliphatic heterocycles. The molecule has 3 aromatic rings. The summed E-state index contributed by atoms with van der Waals surface area (Å²) in [6.07, 6.45) is 3.98. The SMILES string of the molecule is Cc1ccccc1C(=O)N1C(C(=O)NCc2ccncc2)COC12CCN(C(=O)c1cccc(F)c1)CC2. The molecule has 0 saturated carbocycles. The number of pyridine rings is 1. The minimum absolute atomic E-state index is 0.0532. The molecule has 0 aliphatic carbocycles. The van der Waals surface area contributed by atoms with E-state index >= 15 is 0 Å². The third kappa shape index (κ3) is 5.02. The van der Waals surface area contributed by atoms with Crippen molar-refractivity contribution in [3.63, 3.8) is 0 Å². The number of hydrogen-bond acceptors (Lipinski definition) is 5. The van der Waals surface area contributed by atoms with Crippen molar-refractivity contribution in [3.8, 4) is 0 Å². The normalized spacial score (nSPS) is 18.4. The van der Waals surface area contributed by atoms with E-state index in [0.29, 0.717) is 38.0 Å². The van der Waals surface area contributed by atoms with Crippen molar-refractivity contribution >= 4 is 17.7 Å². The summed E-state index contributed by atoms with van der Waals surface area (Å²) in [7, 11) is 0. The Morgan fingerprint density at radius 2 is 1.76 bits per heavy atom. The molecule has 9 heteroatoms. The molecule has 196 valence electrons. The van der Waals surface area contributed by atoms with Gasteiger partial charge in [-0.1, -0.05) is 24.3 Å². The number of aryl methyl sites for hydroxylation is 1. The van der Waals surface area contributed by atoms with Gasteiger partial charge in [-0.2, -0.15) is 0 Å². The van der Waals surface area contributed by atoms with Crippen molar-refractivity contribution in [3.05, 3.63) is 101 Å². The predicted molar refractivity (Wildman–Crippen MR) is 137 cm³/mol. The van der Waals surface area contributed by atoms with E-state index in [-0.39, 0.29) is 29.9 Å².